The van der Waals surface area contributed by atoms with Crippen LogP contribution in [0, 0.1) is 6.92 Å². The minimum absolute atomic E-state index is 0.600. The van der Waals surface area contributed by atoms with Crippen molar-refractivity contribution < 1.29 is 9.84 Å². The number of hydrogen-bond donors (Lipinski definition) is 1. The summed E-state index contributed by atoms with van der Waals surface area (Å²) in [6.07, 6.45) is -0.723. The molecule has 0 amide bonds. The number of aryl methyl sites for hydroxylation is 1. The van der Waals surface area contributed by atoms with Gasteiger partial charge in [-0.05, 0) is 48.4 Å². The Kier molecular flexibility index (Phi) is 4.50. The van der Waals surface area contributed by atoms with Gasteiger partial charge < -0.3 is 9.84 Å². The molecule has 2 aromatic carbocycles. The molecule has 0 aliphatic heterocycles. The fraction of sp³-hybridized carbons (Fsp3) is 0.200. The van der Waals surface area contributed by atoms with Crippen LogP contribution in [0.4, 0.5) is 0 Å². The zero-order valence-electron chi connectivity index (χ0n) is 10.7. The van der Waals surface area contributed by atoms with Crippen molar-refractivity contribution in [2.24, 2.45) is 0 Å². The van der Waals surface area contributed by atoms with Crippen LogP contribution >= 0.6 is 27.5 Å². The molecule has 2 rings (SSSR count). The molecule has 2 nitrogen and oxygen atoms in total. The number of aliphatic hydroxyl groups is 1. The summed E-state index contributed by atoms with van der Waals surface area (Å²) in [5.41, 5.74) is 2.56. The Morgan fingerprint density at radius 2 is 1.89 bits per heavy atom. The van der Waals surface area contributed by atoms with Crippen molar-refractivity contribution in [3.8, 4) is 5.75 Å². The zero-order valence-corrected chi connectivity index (χ0v) is 13.0. The van der Waals surface area contributed by atoms with Gasteiger partial charge in [-0.3, -0.25) is 0 Å². The van der Waals surface area contributed by atoms with Crippen LogP contribution in [-0.4, -0.2) is 12.2 Å². The van der Waals surface area contributed by atoms with Crippen LogP contribution in [-0.2, 0) is 0 Å². The van der Waals surface area contributed by atoms with Crippen LogP contribution in [0.15, 0.2) is 40.9 Å². The van der Waals surface area contributed by atoms with Gasteiger partial charge in [0.15, 0.2) is 0 Å². The topological polar surface area (TPSA) is 29.5 Å². The summed E-state index contributed by atoms with van der Waals surface area (Å²) in [7, 11) is 1.62. The number of ether oxygens (including phenoxy) is 1. The van der Waals surface area contributed by atoms with Gasteiger partial charge in [0.2, 0.25) is 0 Å². The number of benzene rings is 2. The molecule has 1 atom stereocenters. The van der Waals surface area contributed by atoms with Crippen molar-refractivity contribution in [1.29, 1.82) is 0 Å². The van der Waals surface area contributed by atoms with Crippen LogP contribution in [0.3, 0.4) is 0 Å². The van der Waals surface area contributed by atoms with Crippen molar-refractivity contribution in [3.05, 3.63) is 62.6 Å². The van der Waals surface area contributed by atoms with Gasteiger partial charge in [-0.2, -0.15) is 0 Å². The highest BCUT2D eigenvalue weighted by molar-refractivity contribution is 9.10. The van der Waals surface area contributed by atoms with Crippen molar-refractivity contribution >= 4 is 27.5 Å². The van der Waals surface area contributed by atoms with E-state index >= 15 is 0 Å². The van der Waals surface area contributed by atoms with Gasteiger partial charge in [-0.1, -0.05) is 33.6 Å². The molecule has 0 bridgehead atoms. The Bertz CT molecular complexity index is 599. The largest absolute Gasteiger partial charge is 0.497 e. The van der Waals surface area contributed by atoms with E-state index in [-0.39, 0.29) is 0 Å². The van der Waals surface area contributed by atoms with Crippen LogP contribution in [0.1, 0.15) is 22.8 Å². The van der Waals surface area contributed by atoms with Gasteiger partial charge in [-0.15, -0.1) is 0 Å². The van der Waals surface area contributed by atoms with Crippen molar-refractivity contribution in [2.45, 2.75) is 13.0 Å². The normalized spacial score (nSPS) is 12.3. The predicted octanol–water partition coefficient (Wildman–Crippen LogP) is 4.50. The Morgan fingerprint density at radius 1 is 1.16 bits per heavy atom. The van der Waals surface area contributed by atoms with Crippen molar-refractivity contribution in [2.75, 3.05) is 7.11 Å². The van der Waals surface area contributed by atoms with Crippen molar-refractivity contribution in [3.63, 3.8) is 0 Å². The second-order valence-corrected chi connectivity index (χ2v) is 5.58. The maximum absolute atomic E-state index is 10.5. The minimum atomic E-state index is -0.723. The average molecular weight is 342 g/mol. The van der Waals surface area contributed by atoms with Crippen LogP contribution < -0.4 is 4.74 Å². The van der Waals surface area contributed by atoms with E-state index < -0.39 is 6.10 Å². The highest BCUT2D eigenvalue weighted by Gasteiger charge is 2.16. The SMILES string of the molecule is COc1ccc(C(O)c2cc(Cl)ccc2Br)c(C)c1. The first-order valence-electron chi connectivity index (χ1n) is 5.80. The van der Waals surface area contributed by atoms with E-state index in [4.69, 9.17) is 16.3 Å². The lowest BCUT2D eigenvalue weighted by molar-refractivity contribution is 0.218. The molecule has 2 aromatic rings. The monoisotopic (exact) mass is 340 g/mol. The number of hydrogen-bond acceptors (Lipinski definition) is 2. The summed E-state index contributed by atoms with van der Waals surface area (Å²) in [5, 5.41) is 11.1. The number of halogens is 2. The molecule has 0 aliphatic rings. The minimum Gasteiger partial charge on any atom is -0.497 e. The fourth-order valence-corrected chi connectivity index (χ4v) is 2.62. The summed E-state index contributed by atoms with van der Waals surface area (Å²) in [4.78, 5) is 0. The summed E-state index contributed by atoms with van der Waals surface area (Å²) >= 11 is 9.42. The van der Waals surface area contributed by atoms with Gasteiger partial charge in [0, 0.05) is 15.1 Å². The summed E-state index contributed by atoms with van der Waals surface area (Å²) in [5.74, 6) is 0.776. The first-order chi connectivity index (χ1) is 9.02. The Morgan fingerprint density at radius 3 is 2.53 bits per heavy atom. The number of rotatable bonds is 3. The van der Waals surface area contributed by atoms with E-state index in [1.54, 1.807) is 19.2 Å². The second-order valence-electron chi connectivity index (χ2n) is 4.29. The van der Waals surface area contributed by atoms with E-state index in [0.29, 0.717) is 5.02 Å². The zero-order chi connectivity index (χ0) is 14.0. The number of methoxy groups -OCH3 is 1. The third kappa shape index (κ3) is 3.11. The highest BCUT2D eigenvalue weighted by atomic mass is 79.9. The molecule has 19 heavy (non-hydrogen) atoms. The van der Waals surface area contributed by atoms with E-state index in [0.717, 1.165) is 26.9 Å². The van der Waals surface area contributed by atoms with Crippen molar-refractivity contribution in [1.82, 2.24) is 0 Å². The Labute approximate surface area is 126 Å². The Balaban J connectivity index is 2.43. The maximum Gasteiger partial charge on any atom is 0.119 e. The van der Waals surface area contributed by atoms with Gasteiger partial charge in [0.1, 0.15) is 11.9 Å². The van der Waals surface area contributed by atoms with Crippen LogP contribution in [0.5, 0.6) is 5.75 Å². The summed E-state index contributed by atoms with van der Waals surface area (Å²) < 4.78 is 6.00. The number of aliphatic hydroxyl groups excluding tert-OH is 1. The summed E-state index contributed by atoms with van der Waals surface area (Å²) in [6, 6.07) is 11.0. The lowest BCUT2D eigenvalue weighted by atomic mass is 9.97. The third-order valence-electron chi connectivity index (χ3n) is 3.02. The molecule has 1 N–H and O–H groups in total. The molecule has 0 aliphatic carbocycles. The second kappa shape index (κ2) is 5.95. The van der Waals surface area contributed by atoms with E-state index in [1.165, 1.54) is 0 Å². The lowest BCUT2D eigenvalue weighted by Gasteiger charge is -2.16. The molecule has 0 heterocycles. The molecular weight excluding hydrogens is 328 g/mol. The summed E-state index contributed by atoms with van der Waals surface area (Å²) in [6.45, 7) is 1.94. The lowest BCUT2D eigenvalue weighted by Crippen LogP contribution is -2.03. The molecule has 0 radical (unpaired) electrons. The molecule has 0 aromatic heterocycles. The van der Waals surface area contributed by atoms with E-state index in [2.05, 4.69) is 15.9 Å². The quantitative estimate of drug-likeness (QED) is 0.890. The first kappa shape index (κ1) is 14.4. The molecule has 100 valence electrons. The first-order valence-corrected chi connectivity index (χ1v) is 6.97. The molecular formula is C15H14BrClO2. The van der Waals surface area contributed by atoms with Gasteiger partial charge in [0.25, 0.3) is 0 Å². The predicted molar refractivity (Wildman–Crippen MR) is 80.9 cm³/mol. The molecule has 0 saturated carbocycles. The molecule has 0 fully saturated rings. The maximum atomic E-state index is 10.5. The van der Waals surface area contributed by atoms with E-state index in [1.807, 2.05) is 31.2 Å². The van der Waals surface area contributed by atoms with Gasteiger partial charge >= 0.3 is 0 Å². The molecule has 0 spiro atoms. The fourth-order valence-electron chi connectivity index (χ4n) is 1.97. The Hall–Kier alpha value is -1.03. The third-order valence-corrected chi connectivity index (χ3v) is 3.98. The molecule has 0 saturated heterocycles. The highest BCUT2D eigenvalue weighted by Crippen LogP contribution is 2.33. The standard InChI is InChI=1S/C15H14BrClO2/c1-9-7-11(19-2)4-5-12(9)15(18)13-8-10(17)3-6-14(13)16/h3-8,15,18H,1-2H3. The average Bonchev–Trinajstić information content (AvgIpc) is 2.40. The van der Waals surface area contributed by atoms with Gasteiger partial charge in [0.05, 0.1) is 7.11 Å². The van der Waals surface area contributed by atoms with Crippen LogP contribution in [0.25, 0.3) is 0 Å². The molecule has 1 unspecified atom stereocenters. The van der Waals surface area contributed by atoms with E-state index in [9.17, 15) is 5.11 Å². The smallest absolute Gasteiger partial charge is 0.119 e. The van der Waals surface area contributed by atoms with Crippen LogP contribution in [0.2, 0.25) is 5.02 Å². The molecule has 4 heteroatoms. The van der Waals surface area contributed by atoms with Gasteiger partial charge in [-0.25, -0.2) is 0 Å².